The van der Waals surface area contributed by atoms with E-state index >= 15 is 0 Å². The second kappa shape index (κ2) is 5.45. The second-order valence-electron chi connectivity index (χ2n) is 5.23. The van der Waals surface area contributed by atoms with E-state index in [2.05, 4.69) is 4.98 Å². The van der Waals surface area contributed by atoms with Crippen molar-refractivity contribution >= 4 is 5.78 Å². The molecule has 3 nitrogen and oxygen atoms in total. The molecule has 20 heavy (non-hydrogen) atoms. The van der Waals surface area contributed by atoms with Gasteiger partial charge in [-0.1, -0.05) is 17.7 Å². The molecule has 102 valence electrons. The number of pyridine rings is 1. The van der Waals surface area contributed by atoms with Crippen LogP contribution in [0.5, 0.6) is 5.75 Å². The van der Waals surface area contributed by atoms with Gasteiger partial charge in [-0.05, 0) is 44.0 Å². The van der Waals surface area contributed by atoms with Crippen LogP contribution in [0.2, 0.25) is 0 Å². The van der Waals surface area contributed by atoms with Crippen molar-refractivity contribution in [1.82, 2.24) is 4.98 Å². The summed E-state index contributed by atoms with van der Waals surface area (Å²) in [5.74, 6) is 0.902. The van der Waals surface area contributed by atoms with Crippen LogP contribution < -0.4 is 4.74 Å². The minimum absolute atomic E-state index is 0.0419. The maximum atomic E-state index is 12.2. The van der Waals surface area contributed by atoms with Crippen molar-refractivity contribution in [2.45, 2.75) is 32.3 Å². The largest absolute Gasteiger partial charge is 0.489 e. The van der Waals surface area contributed by atoms with Crippen LogP contribution in [0, 0.1) is 6.92 Å². The van der Waals surface area contributed by atoms with Crippen molar-refractivity contribution in [2.24, 2.45) is 0 Å². The molecular formula is C17H17NO2. The van der Waals surface area contributed by atoms with E-state index in [1.807, 2.05) is 43.3 Å². The van der Waals surface area contributed by atoms with E-state index in [-0.39, 0.29) is 11.9 Å². The van der Waals surface area contributed by atoms with Crippen LogP contribution in [-0.4, -0.2) is 16.9 Å². The monoisotopic (exact) mass is 267 g/mol. The first-order valence-electron chi connectivity index (χ1n) is 6.93. The lowest BCUT2D eigenvalue weighted by atomic mass is 9.96. The molecule has 0 saturated heterocycles. The highest BCUT2D eigenvalue weighted by Gasteiger charge is 2.26. The zero-order valence-corrected chi connectivity index (χ0v) is 11.5. The Balaban J connectivity index is 1.69. The third-order valence-corrected chi connectivity index (χ3v) is 3.59. The Morgan fingerprint density at radius 3 is 3.00 bits per heavy atom. The first kappa shape index (κ1) is 12.9. The van der Waals surface area contributed by atoms with E-state index in [1.54, 1.807) is 6.20 Å². The van der Waals surface area contributed by atoms with Gasteiger partial charge in [0.25, 0.3) is 0 Å². The molecule has 0 radical (unpaired) electrons. The van der Waals surface area contributed by atoms with Crippen LogP contribution in [0.25, 0.3) is 0 Å². The number of nitrogens with zero attached hydrogens (tertiary/aromatic N) is 1. The Hall–Kier alpha value is -2.16. The maximum Gasteiger partial charge on any atom is 0.170 e. The molecule has 3 rings (SSSR count). The van der Waals surface area contributed by atoms with Crippen molar-refractivity contribution in [3.8, 4) is 5.75 Å². The molecule has 1 aliphatic rings. The Morgan fingerprint density at radius 2 is 2.20 bits per heavy atom. The molecule has 0 amide bonds. The Labute approximate surface area is 118 Å². The summed E-state index contributed by atoms with van der Waals surface area (Å²) in [5.41, 5.74) is 2.85. The number of benzene rings is 1. The molecule has 1 aromatic heterocycles. The van der Waals surface area contributed by atoms with E-state index in [1.165, 1.54) is 0 Å². The third-order valence-electron chi connectivity index (χ3n) is 3.59. The highest BCUT2D eigenvalue weighted by molar-refractivity contribution is 6.00. The molecule has 3 heteroatoms. The summed E-state index contributed by atoms with van der Waals surface area (Å²) in [6.07, 6.45) is 3.86. The number of fused-ring (bicyclic) bond motifs is 1. The summed E-state index contributed by atoms with van der Waals surface area (Å²) >= 11 is 0. The van der Waals surface area contributed by atoms with Crippen LogP contribution >= 0.6 is 0 Å². The highest BCUT2D eigenvalue weighted by Crippen LogP contribution is 2.29. The highest BCUT2D eigenvalue weighted by atomic mass is 16.5. The van der Waals surface area contributed by atoms with Crippen LogP contribution in [0.15, 0.2) is 42.6 Å². The zero-order valence-electron chi connectivity index (χ0n) is 11.5. The third kappa shape index (κ3) is 2.72. The fourth-order valence-corrected chi connectivity index (χ4v) is 2.52. The van der Waals surface area contributed by atoms with Crippen LogP contribution in [0.3, 0.4) is 0 Å². The fraction of sp³-hybridized carbons (Fsp3) is 0.294. The molecule has 0 fully saturated rings. The summed E-state index contributed by atoms with van der Waals surface area (Å²) < 4.78 is 5.93. The summed E-state index contributed by atoms with van der Waals surface area (Å²) in [7, 11) is 0. The molecule has 0 bridgehead atoms. The first-order chi connectivity index (χ1) is 9.72. The maximum absolute atomic E-state index is 12.2. The van der Waals surface area contributed by atoms with Gasteiger partial charge in [-0.3, -0.25) is 9.78 Å². The van der Waals surface area contributed by atoms with Gasteiger partial charge in [-0.2, -0.15) is 0 Å². The van der Waals surface area contributed by atoms with E-state index in [4.69, 9.17) is 4.74 Å². The number of Topliss-reactive ketones (excluding diaryl/α,β-unsaturated/α-hetero) is 1. The average molecular weight is 267 g/mol. The predicted molar refractivity (Wildman–Crippen MR) is 77.1 cm³/mol. The van der Waals surface area contributed by atoms with Crippen LogP contribution in [-0.2, 0) is 6.42 Å². The van der Waals surface area contributed by atoms with Crippen molar-refractivity contribution in [2.75, 3.05) is 0 Å². The molecular weight excluding hydrogens is 250 g/mol. The first-order valence-corrected chi connectivity index (χ1v) is 6.93. The van der Waals surface area contributed by atoms with E-state index in [9.17, 15) is 4.79 Å². The van der Waals surface area contributed by atoms with Gasteiger partial charge < -0.3 is 4.74 Å². The van der Waals surface area contributed by atoms with Crippen LogP contribution in [0.4, 0.5) is 0 Å². The standard InChI is InChI=1S/C17H17NO2/c1-12-5-8-17-15(10-12)16(19)11-14(20-17)7-6-13-4-2-3-9-18-13/h2-5,8-10,14H,6-7,11H2,1H3. The number of carbonyl (C=O) groups is 1. The lowest BCUT2D eigenvalue weighted by Gasteiger charge is -2.25. The van der Waals surface area contributed by atoms with Crippen LogP contribution in [0.1, 0.15) is 34.5 Å². The van der Waals surface area contributed by atoms with Gasteiger partial charge in [-0.25, -0.2) is 0 Å². The van der Waals surface area contributed by atoms with E-state index in [0.717, 1.165) is 35.4 Å². The number of ketones is 1. The number of aromatic nitrogens is 1. The Morgan fingerprint density at radius 1 is 1.30 bits per heavy atom. The van der Waals surface area contributed by atoms with Crippen molar-refractivity contribution in [1.29, 1.82) is 0 Å². The lowest BCUT2D eigenvalue weighted by Crippen LogP contribution is -2.27. The van der Waals surface area contributed by atoms with Gasteiger partial charge in [0, 0.05) is 18.3 Å². The second-order valence-corrected chi connectivity index (χ2v) is 5.23. The summed E-state index contributed by atoms with van der Waals surface area (Å²) in [4.78, 5) is 16.5. The zero-order chi connectivity index (χ0) is 13.9. The SMILES string of the molecule is Cc1ccc2c(c1)C(=O)CC(CCc1ccccn1)O2. The molecule has 0 saturated carbocycles. The van der Waals surface area contributed by atoms with Crippen molar-refractivity contribution < 1.29 is 9.53 Å². The van der Waals surface area contributed by atoms with Gasteiger partial charge >= 0.3 is 0 Å². The normalized spacial score (nSPS) is 17.4. The number of aryl methyl sites for hydroxylation is 2. The van der Waals surface area contributed by atoms with Crippen molar-refractivity contribution in [3.05, 3.63) is 59.4 Å². The number of rotatable bonds is 3. The molecule has 0 aliphatic carbocycles. The topological polar surface area (TPSA) is 39.2 Å². The minimum Gasteiger partial charge on any atom is -0.489 e. The molecule has 1 aromatic carbocycles. The van der Waals surface area contributed by atoms with Crippen molar-refractivity contribution in [3.63, 3.8) is 0 Å². The molecule has 0 N–H and O–H groups in total. The quantitative estimate of drug-likeness (QED) is 0.856. The molecule has 1 atom stereocenters. The Kier molecular flexibility index (Phi) is 3.50. The number of hydrogen-bond acceptors (Lipinski definition) is 3. The Bertz CT molecular complexity index is 622. The molecule has 1 unspecified atom stereocenters. The number of hydrogen-bond donors (Lipinski definition) is 0. The lowest BCUT2D eigenvalue weighted by molar-refractivity contribution is 0.0839. The molecule has 1 aliphatic heterocycles. The number of carbonyl (C=O) groups excluding carboxylic acids is 1. The summed E-state index contributed by atoms with van der Waals surface area (Å²) in [6, 6.07) is 11.7. The molecule has 2 heterocycles. The van der Waals surface area contributed by atoms with Gasteiger partial charge in [0.15, 0.2) is 5.78 Å². The van der Waals surface area contributed by atoms with E-state index in [0.29, 0.717) is 6.42 Å². The minimum atomic E-state index is -0.0419. The average Bonchev–Trinajstić information content (AvgIpc) is 2.47. The molecule has 2 aromatic rings. The van der Waals surface area contributed by atoms with Gasteiger partial charge in [0.1, 0.15) is 11.9 Å². The smallest absolute Gasteiger partial charge is 0.170 e. The summed E-state index contributed by atoms with van der Waals surface area (Å²) in [6.45, 7) is 1.99. The summed E-state index contributed by atoms with van der Waals surface area (Å²) in [5, 5.41) is 0. The van der Waals surface area contributed by atoms with Gasteiger partial charge in [-0.15, -0.1) is 0 Å². The predicted octanol–water partition coefficient (Wildman–Crippen LogP) is 3.36. The van der Waals surface area contributed by atoms with Gasteiger partial charge in [0.05, 0.1) is 5.56 Å². The van der Waals surface area contributed by atoms with Gasteiger partial charge in [0.2, 0.25) is 0 Å². The van der Waals surface area contributed by atoms with E-state index < -0.39 is 0 Å². The fourth-order valence-electron chi connectivity index (χ4n) is 2.52. The number of ether oxygens (including phenoxy) is 1. The molecule has 0 spiro atoms.